The molecule has 16 atom stereocenters. The summed E-state index contributed by atoms with van der Waals surface area (Å²) in [6.45, 7) is 24.1. The fourth-order valence-corrected chi connectivity index (χ4v) is 15.6. The van der Waals surface area contributed by atoms with Gasteiger partial charge in [-0.2, -0.15) is 0 Å². The van der Waals surface area contributed by atoms with Crippen LogP contribution in [0.1, 0.15) is 200 Å². The summed E-state index contributed by atoms with van der Waals surface area (Å²) in [7, 11) is 0. The van der Waals surface area contributed by atoms with Gasteiger partial charge in [0.05, 0.1) is 31.0 Å². The highest BCUT2D eigenvalue weighted by atomic mass is 16.3. The van der Waals surface area contributed by atoms with Gasteiger partial charge in [0.1, 0.15) is 88.1 Å². The summed E-state index contributed by atoms with van der Waals surface area (Å²) in [4.78, 5) is 258. The van der Waals surface area contributed by atoms with E-state index in [9.17, 15) is 107 Å². The first kappa shape index (κ1) is 106. The molecule has 16 unspecified atom stereocenters. The van der Waals surface area contributed by atoms with E-state index in [2.05, 4.69) is 74.1 Å². The number of aromatic nitrogens is 1. The lowest BCUT2D eigenvalue weighted by Gasteiger charge is -2.37. The number of primary amides is 2. The number of benzene rings is 2. The van der Waals surface area contributed by atoms with Crippen molar-refractivity contribution in [2.45, 2.75) is 314 Å². The predicted octanol–water partition coefficient (Wildman–Crippen LogP) is -3.11. The van der Waals surface area contributed by atoms with Crippen molar-refractivity contribution in [3.63, 3.8) is 0 Å². The minimum absolute atomic E-state index is 0.0315. The van der Waals surface area contributed by atoms with E-state index in [1.807, 2.05) is 54.6 Å². The van der Waals surface area contributed by atoms with Crippen LogP contribution in [0.25, 0.3) is 10.9 Å². The van der Waals surface area contributed by atoms with Gasteiger partial charge in [0.2, 0.25) is 106 Å². The number of nitrogens with two attached hydrogens (primary N) is 2. The Hall–Kier alpha value is -11.7. The van der Waals surface area contributed by atoms with E-state index in [-0.39, 0.29) is 38.8 Å². The van der Waals surface area contributed by atoms with E-state index >= 15 is 0 Å². The summed E-state index contributed by atoms with van der Waals surface area (Å²) in [5, 5.41) is 77.9. The fourth-order valence-electron chi connectivity index (χ4n) is 15.6. The van der Waals surface area contributed by atoms with Crippen molar-refractivity contribution in [1.29, 1.82) is 0 Å². The van der Waals surface area contributed by atoms with Crippen LogP contribution in [-0.2, 0) is 99.1 Å². The number of amides is 18. The molecule has 3 saturated heterocycles. The quantitative estimate of drug-likeness (QED) is 0.0266. The number of carbonyl (C=O) groups is 18. The molecular weight excluding hydrogens is 1680 g/mol. The SMILES string of the molecule is CCC(C)C(NC(=O)C(Cc1c[nH]c2ccccc12)NC(C)=O)C(=O)NC(CCC(N)=O)C(=O)NC(C)(C)C(=O)NC(C(=O)NC(C(=O)NC(C)(C)C(=O)NC(C(=O)NC(C)(C)C(=O)N1CC(O)CC1C(=O)NC(CCC(N)=O)C(=O)NC(C)(C)C(=O)N1CC(O)CC1C(=O)NC(C)(C)C(=O)N1CCCC1C(=O)NC(CO)Cc1ccccc1)C(C)C)C(C)O)C(C)CC. The predicted molar refractivity (Wildman–Crippen MR) is 471 cm³/mol. The van der Waals surface area contributed by atoms with E-state index in [4.69, 9.17) is 11.5 Å². The average Bonchev–Trinajstić information content (AvgIpc) is 1.67. The number of H-pyrrole nitrogens is 1. The third-order valence-corrected chi connectivity index (χ3v) is 23.6. The number of aromatic amines is 1. The molecule has 0 aliphatic carbocycles. The van der Waals surface area contributed by atoms with E-state index in [1.54, 1.807) is 47.7 Å². The summed E-state index contributed by atoms with van der Waals surface area (Å²) >= 11 is 0. The number of fused-ring (bicyclic) bond motifs is 1. The van der Waals surface area contributed by atoms with E-state index in [1.165, 1.54) is 81.1 Å². The second-order valence-electron chi connectivity index (χ2n) is 37.1. The maximum atomic E-state index is 14.7. The van der Waals surface area contributed by atoms with Crippen molar-refractivity contribution >= 4 is 117 Å². The number of β-amino-alcohol motifs (C(OH)–C–C–N with tert-alkyl or cyclic N) is 2. The molecule has 714 valence electrons. The first-order chi connectivity index (χ1) is 60.0. The lowest BCUT2D eigenvalue weighted by atomic mass is 9.94. The molecule has 22 N–H and O–H groups in total. The summed E-state index contributed by atoms with van der Waals surface area (Å²) in [5.41, 5.74) is 3.89. The zero-order valence-electron chi connectivity index (χ0n) is 77.0. The van der Waals surface area contributed by atoms with Gasteiger partial charge >= 0.3 is 0 Å². The lowest BCUT2D eigenvalue weighted by molar-refractivity contribution is -0.148. The van der Waals surface area contributed by atoms with E-state index < -0.39 is 275 Å². The second-order valence-corrected chi connectivity index (χ2v) is 37.1. The van der Waals surface area contributed by atoms with Gasteiger partial charge < -0.3 is 121 Å². The Morgan fingerprint density at radius 1 is 0.465 bits per heavy atom. The van der Waals surface area contributed by atoms with E-state index in [0.717, 1.165) is 33.2 Å². The lowest BCUT2D eigenvalue weighted by Crippen LogP contribution is -2.66. The number of likely N-dealkylation sites (tertiary alicyclic amines) is 3. The topological polar surface area (TPSA) is 622 Å². The zero-order chi connectivity index (χ0) is 97.0. The Kier molecular flexibility index (Phi) is 37.4. The number of carbonyl (C=O) groups excluding carboxylic acids is 18. The third kappa shape index (κ3) is 28.9. The molecule has 3 aliphatic rings. The van der Waals surface area contributed by atoms with Crippen LogP contribution in [0, 0.1) is 17.8 Å². The molecule has 6 rings (SSSR count). The van der Waals surface area contributed by atoms with Crippen LogP contribution in [-0.4, -0.2) is 285 Å². The van der Waals surface area contributed by atoms with Crippen molar-refractivity contribution in [2.75, 3.05) is 26.2 Å². The zero-order valence-corrected chi connectivity index (χ0v) is 77.0. The molecule has 1 aromatic heterocycles. The summed E-state index contributed by atoms with van der Waals surface area (Å²) in [6.07, 6.45) is -3.40. The molecule has 2 aromatic carbocycles. The number of aliphatic hydroxyl groups excluding tert-OH is 4. The molecule has 4 heterocycles. The van der Waals surface area contributed by atoms with Gasteiger partial charge in [-0.1, -0.05) is 103 Å². The highest BCUT2D eigenvalue weighted by molar-refractivity contribution is 6.04. The van der Waals surface area contributed by atoms with Crippen molar-refractivity contribution in [1.82, 2.24) is 88.8 Å². The molecule has 0 bridgehead atoms. The molecule has 3 aromatic rings. The van der Waals surface area contributed by atoms with Gasteiger partial charge in [-0.25, -0.2) is 0 Å². The van der Waals surface area contributed by atoms with Crippen molar-refractivity contribution in [3.8, 4) is 0 Å². The monoisotopic (exact) mass is 1810 g/mol. The summed E-state index contributed by atoms with van der Waals surface area (Å²) in [6, 6.07) is 1.45. The maximum absolute atomic E-state index is 14.7. The van der Waals surface area contributed by atoms with Crippen LogP contribution >= 0.6 is 0 Å². The normalized spacial score (nSPS) is 19.2. The number of para-hydroxylation sites is 1. The average molecular weight is 1810 g/mol. The highest BCUT2D eigenvalue weighted by Crippen LogP contribution is 2.29. The molecule has 129 heavy (non-hydrogen) atoms. The van der Waals surface area contributed by atoms with Gasteiger partial charge in [-0.15, -0.1) is 0 Å². The number of aliphatic hydroxyl groups is 4. The Balaban J connectivity index is 1.07. The van der Waals surface area contributed by atoms with Gasteiger partial charge in [0.25, 0.3) is 0 Å². The molecule has 0 spiro atoms. The van der Waals surface area contributed by atoms with Crippen molar-refractivity contribution in [3.05, 3.63) is 71.9 Å². The third-order valence-electron chi connectivity index (χ3n) is 23.6. The largest absolute Gasteiger partial charge is 0.394 e. The van der Waals surface area contributed by atoms with Crippen molar-refractivity contribution in [2.24, 2.45) is 29.2 Å². The second kappa shape index (κ2) is 45.5. The molecule has 3 aliphatic heterocycles. The van der Waals surface area contributed by atoms with Crippen LogP contribution < -0.4 is 80.6 Å². The number of nitrogens with zero attached hydrogens (tertiary/aromatic N) is 3. The Labute approximate surface area is 751 Å². The first-order valence-electron chi connectivity index (χ1n) is 43.8. The van der Waals surface area contributed by atoms with Crippen LogP contribution in [0.2, 0.25) is 0 Å². The Bertz CT molecular complexity index is 4590. The summed E-state index contributed by atoms with van der Waals surface area (Å²) in [5.74, 6) is -17.8. The van der Waals surface area contributed by atoms with Crippen molar-refractivity contribution < 1.29 is 107 Å². The highest BCUT2D eigenvalue weighted by Gasteiger charge is 2.51. The minimum atomic E-state index is -1.97. The van der Waals surface area contributed by atoms with Gasteiger partial charge in [0.15, 0.2) is 0 Å². The number of nitrogens with one attached hydrogen (secondary N) is 14. The Morgan fingerprint density at radius 3 is 1.40 bits per heavy atom. The summed E-state index contributed by atoms with van der Waals surface area (Å²) < 4.78 is 0. The molecule has 41 nitrogen and oxygen atoms in total. The van der Waals surface area contributed by atoms with Crippen LogP contribution in [0.3, 0.4) is 0 Å². The molecule has 0 saturated carbocycles. The van der Waals surface area contributed by atoms with Gasteiger partial charge in [-0.05, 0) is 143 Å². The standard InChI is InChI=1S/C88H135N19O22/c1-19-46(5)66(96-69(115)59(92-49(8)110)38-51-41-91-56-30-25-24-29-55(51)56)75(121)95-58(33-35-64(90)114)70(116)100-84(9,10)80(126)99-67(47(6)20-2)76(122)97-68(48(7)109)78(124)103-85(11,12)79(125)98-65(45(3)4)77(123)104-88(17,18)83(129)106-42-53(111)39-61(106)73(119)94-57(32-34-63(89)113)71(117)101-87(15,16)82(128)107-43-54(112)40-62(107)74(120)102-86(13,14)81(127)105-36-26-31-60(105)72(118)93-52(44-108)37-50-27-22-21-23-28-50/h21-25,27-30,41,45-48,52-54,57-62,65-68,91,108-109,111-112H,19-20,26,31-40,42-44H2,1-18H3,(H2,89,113)(H2,90,114)(H,92,110)(H,93,118)(H,94,119)(H,95,121)(H,96,115)(H,97,122)(H,98,125)(H,99,126)(H,100,116)(H,101,117)(H,102,120)(H,103,124)(H,104,123). The fraction of sp³-hybridized carbons (Fsp3) is 0.636. The Morgan fingerprint density at radius 2 is 0.899 bits per heavy atom. The van der Waals surface area contributed by atoms with Crippen LogP contribution in [0.4, 0.5) is 0 Å². The smallest absolute Gasteiger partial charge is 0.248 e. The molecule has 3 fully saturated rings. The first-order valence-corrected chi connectivity index (χ1v) is 43.8. The van der Waals surface area contributed by atoms with Crippen LogP contribution in [0.15, 0.2) is 60.8 Å². The molecular formula is C88H135N19O22. The number of rotatable bonds is 45. The number of hydrogen-bond acceptors (Lipinski definition) is 22. The molecule has 41 heteroatoms. The number of hydrogen-bond donors (Lipinski definition) is 20. The van der Waals surface area contributed by atoms with Gasteiger partial charge in [0, 0.05) is 75.8 Å². The molecule has 18 amide bonds. The van der Waals surface area contributed by atoms with Crippen LogP contribution in [0.5, 0.6) is 0 Å². The van der Waals surface area contributed by atoms with E-state index in [0.29, 0.717) is 31.2 Å². The maximum Gasteiger partial charge on any atom is 0.248 e. The minimum Gasteiger partial charge on any atom is -0.394 e. The molecule has 0 radical (unpaired) electrons. The van der Waals surface area contributed by atoms with Gasteiger partial charge in [-0.3, -0.25) is 86.3 Å².